The minimum absolute atomic E-state index is 0.345. The van der Waals surface area contributed by atoms with Crippen LogP contribution in [0.4, 0.5) is 0 Å². The molecule has 0 radical (unpaired) electrons. The van der Waals surface area contributed by atoms with Crippen LogP contribution in [-0.4, -0.2) is 40.7 Å². The second-order valence-corrected chi connectivity index (χ2v) is 6.75. The zero-order chi connectivity index (χ0) is 12.1. The molecule has 1 aromatic rings. The summed E-state index contributed by atoms with van der Waals surface area (Å²) in [5.74, 6) is 4.14. The number of hydrogen-bond donors (Lipinski definition) is 2. The SMILES string of the molecule is CNC(Cc1ccc(O)cc1)C1CSCCS1. The van der Waals surface area contributed by atoms with Gasteiger partial charge in [-0.3, -0.25) is 0 Å². The molecule has 94 valence electrons. The summed E-state index contributed by atoms with van der Waals surface area (Å²) < 4.78 is 0. The highest BCUT2D eigenvalue weighted by Crippen LogP contribution is 2.27. The summed E-state index contributed by atoms with van der Waals surface area (Å²) in [5.41, 5.74) is 1.29. The van der Waals surface area contributed by atoms with Gasteiger partial charge in [0.25, 0.3) is 0 Å². The average molecular weight is 269 g/mol. The largest absolute Gasteiger partial charge is 0.508 e. The van der Waals surface area contributed by atoms with E-state index in [-0.39, 0.29) is 0 Å². The van der Waals surface area contributed by atoms with E-state index in [0.29, 0.717) is 17.0 Å². The molecule has 0 amide bonds. The van der Waals surface area contributed by atoms with E-state index >= 15 is 0 Å². The summed E-state index contributed by atoms with van der Waals surface area (Å²) in [7, 11) is 2.05. The molecule has 2 rings (SSSR count). The summed E-state index contributed by atoms with van der Waals surface area (Å²) in [5, 5.41) is 13.4. The van der Waals surface area contributed by atoms with Crippen molar-refractivity contribution in [3.05, 3.63) is 29.8 Å². The first-order valence-electron chi connectivity index (χ1n) is 5.94. The lowest BCUT2D eigenvalue weighted by Gasteiger charge is -2.29. The van der Waals surface area contributed by atoms with Crippen LogP contribution in [0.15, 0.2) is 24.3 Å². The van der Waals surface area contributed by atoms with Crippen LogP contribution in [0.5, 0.6) is 5.75 Å². The minimum Gasteiger partial charge on any atom is -0.508 e. The van der Waals surface area contributed by atoms with Gasteiger partial charge in [-0.2, -0.15) is 23.5 Å². The van der Waals surface area contributed by atoms with Gasteiger partial charge >= 0.3 is 0 Å². The fraction of sp³-hybridized carbons (Fsp3) is 0.538. The molecule has 0 bridgehead atoms. The number of phenols is 1. The van der Waals surface area contributed by atoms with Gasteiger partial charge in [-0.25, -0.2) is 0 Å². The lowest BCUT2D eigenvalue weighted by molar-refractivity contribution is 0.474. The van der Waals surface area contributed by atoms with Gasteiger partial charge in [0.05, 0.1) is 0 Å². The van der Waals surface area contributed by atoms with Crippen LogP contribution < -0.4 is 5.32 Å². The number of likely N-dealkylation sites (N-methyl/N-ethyl adjacent to an activating group) is 1. The summed E-state index contributed by atoms with van der Waals surface area (Å²) in [6.45, 7) is 0. The van der Waals surface area contributed by atoms with Crippen molar-refractivity contribution < 1.29 is 5.11 Å². The predicted molar refractivity (Wildman–Crippen MR) is 78.2 cm³/mol. The Hall–Kier alpha value is -0.320. The first kappa shape index (κ1) is 13.1. The molecule has 17 heavy (non-hydrogen) atoms. The summed E-state index contributed by atoms with van der Waals surface area (Å²) in [6.07, 6.45) is 1.04. The van der Waals surface area contributed by atoms with Gasteiger partial charge in [-0.15, -0.1) is 0 Å². The average Bonchev–Trinajstić information content (AvgIpc) is 2.39. The number of nitrogens with one attached hydrogen (secondary N) is 1. The third-order valence-corrected chi connectivity index (χ3v) is 5.97. The Balaban J connectivity index is 1.96. The van der Waals surface area contributed by atoms with Gasteiger partial charge in [-0.1, -0.05) is 12.1 Å². The summed E-state index contributed by atoms with van der Waals surface area (Å²) in [4.78, 5) is 0. The number of benzene rings is 1. The zero-order valence-corrected chi connectivity index (χ0v) is 11.7. The molecular formula is C13H19NOS2. The highest BCUT2D eigenvalue weighted by Gasteiger charge is 2.23. The molecule has 0 spiro atoms. The van der Waals surface area contributed by atoms with Crippen molar-refractivity contribution in [2.24, 2.45) is 0 Å². The maximum absolute atomic E-state index is 9.27. The van der Waals surface area contributed by atoms with E-state index in [1.54, 1.807) is 12.1 Å². The fourth-order valence-electron chi connectivity index (χ4n) is 2.04. The monoisotopic (exact) mass is 269 g/mol. The zero-order valence-electron chi connectivity index (χ0n) is 10.1. The second-order valence-electron chi connectivity index (χ2n) is 4.25. The maximum atomic E-state index is 9.27. The Morgan fingerprint density at radius 1 is 1.35 bits per heavy atom. The van der Waals surface area contributed by atoms with Gasteiger partial charge in [0.2, 0.25) is 0 Å². The number of thioether (sulfide) groups is 2. The summed E-state index contributed by atoms with van der Waals surface area (Å²) in [6, 6.07) is 8.09. The van der Waals surface area contributed by atoms with E-state index < -0.39 is 0 Å². The van der Waals surface area contributed by atoms with E-state index in [2.05, 4.69) is 28.8 Å². The smallest absolute Gasteiger partial charge is 0.115 e. The molecule has 0 aromatic heterocycles. The number of aromatic hydroxyl groups is 1. The number of rotatable bonds is 4. The van der Waals surface area contributed by atoms with Crippen molar-refractivity contribution in [2.75, 3.05) is 24.3 Å². The molecule has 1 aliphatic rings. The standard InChI is InChI=1S/C13H19NOS2/c1-14-12(13-9-16-6-7-17-13)8-10-2-4-11(15)5-3-10/h2-5,12-15H,6-9H2,1H3. The van der Waals surface area contributed by atoms with Crippen molar-refractivity contribution in [1.82, 2.24) is 5.32 Å². The topological polar surface area (TPSA) is 32.3 Å². The molecule has 2 nitrogen and oxygen atoms in total. The van der Waals surface area contributed by atoms with Crippen LogP contribution in [0.25, 0.3) is 0 Å². The number of phenolic OH excluding ortho intramolecular Hbond substituents is 1. The van der Waals surface area contributed by atoms with Crippen molar-refractivity contribution in [3.8, 4) is 5.75 Å². The van der Waals surface area contributed by atoms with Crippen molar-refractivity contribution in [1.29, 1.82) is 0 Å². The molecule has 1 aliphatic heterocycles. The molecule has 1 aromatic carbocycles. The molecule has 0 aliphatic carbocycles. The van der Waals surface area contributed by atoms with Crippen molar-refractivity contribution in [3.63, 3.8) is 0 Å². The molecule has 0 saturated carbocycles. The molecule has 4 heteroatoms. The minimum atomic E-state index is 0.345. The van der Waals surface area contributed by atoms with Crippen molar-refractivity contribution >= 4 is 23.5 Å². The van der Waals surface area contributed by atoms with Gasteiger partial charge in [0, 0.05) is 28.6 Å². The quantitative estimate of drug-likeness (QED) is 0.879. The highest BCUT2D eigenvalue weighted by molar-refractivity contribution is 8.06. The third kappa shape index (κ3) is 3.83. The van der Waals surface area contributed by atoms with E-state index in [9.17, 15) is 5.11 Å². The molecule has 2 unspecified atom stereocenters. The van der Waals surface area contributed by atoms with Crippen LogP contribution >= 0.6 is 23.5 Å². The predicted octanol–water partition coefficient (Wildman–Crippen LogP) is 2.37. The molecule has 1 saturated heterocycles. The van der Waals surface area contributed by atoms with Gasteiger partial charge in [0.1, 0.15) is 5.75 Å². The van der Waals surface area contributed by atoms with E-state index in [0.717, 1.165) is 6.42 Å². The molecule has 1 fully saturated rings. The molecule has 2 N–H and O–H groups in total. The van der Waals surface area contributed by atoms with Crippen LogP contribution in [0, 0.1) is 0 Å². The molecule has 2 atom stereocenters. The Morgan fingerprint density at radius 3 is 2.71 bits per heavy atom. The molecular weight excluding hydrogens is 250 g/mol. The van der Waals surface area contributed by atoms with E-state index in [1.807, 2.05) is 19.2 Å². The number of hydrogen-bond acceptors (Lipinski definition) is 4. The second kappa shape index (κ2) is 6.57. The lowest BCUT2D eigenvalue weighted by atomic mass is 10.0. The first-order valence-corrected chi connectivity index (χ1v) is 8.14. The summed E-state index contributed by atoms with van der Waals surface area (Å²) >= 11 is 4.14. The lowest BCUT2D eigenvalue weighted by Crippen LogP contribution is -2.40. The van der Waals surface area contributed by atoms with Gasteiger partial charge < -0.3 is 10.4 Å². The van der Waals surface area contributed by atoms with E-state index in [1.165, 1.54) is 22.8 Å². The van der Waals surface area contributed by atoms with Crippen LogP contribution in [0.1, 0.15) is 5.56 Å². The normalized spacial score (nSPS) is 22.3. The van der Waals surface area contributed by atoms with Crippen LogP contribution in [0.2, 0.25) is 0 Å². The Labute approximate surface area is 112 Å². The van der Waals surface area contributed by atoms with Crippen LogP contribution in [0.3, 0.4) is 0 Å². The van der Waals surface area contributed by atoms with Crippen molar-refractivity contribution in [2.45, 2.75) is 17.7 Å². The fourth-order valence-corrected chi connectivity index (χ4v) is 4.97. The Bertz CT molecular complexity index is 336. The molecule has 1 heterocycles. The van der Waals surface area contributed by atoms with E-state index in [4.69, 9.17) is 0 Å². The third-order valence-electron chi connectivity index (χ3n) is 3.05. The Morgan fingerprint density at radius 2 is 2.12 bits per heavy atom. The van der Waals surface area contributed by atoms with Crippen LogP contribution in [-0.2, 0) is 6.42 Å². The highest BCUT2D eigenvalue weighted by atomic mass is 32.2. The Kier molecular flexibility index (Phi) is 5.07. The van der Waals surface area contributed by atoms with Gasteiger partial charge in [0.15, 0.2) is 0 Å². The van der Waals surface area contributed by atoms with Gasteiger partial charge in [-0.05, 0) is 31.2 Å². The maximum Gasteiger partial charge on any atom is 0.115 e. The first-order chi connectivity index (χ1) is 8.29.